The molecular formula is C11H20ClN3O2S. The Labute approximate surface area is 114 Å². The maximum atomic E-state index is 12.1. The van der Waals surface area contributed by atoms with Gasteiger partial charge in [0.05, 0.1) is 0 Å². The molecule has 1 rings (SSSR count). The molecule has 1 heterocycles. The van der Waals surface area contributed by atoms with E-state index in [-0.39, 0.29) is 11.1 Å². The Kier molecular flexibility index (Phi) is 5.62. The Bertz CT molecular complexity index is 484. The van der Waals surface area contributed by atoms with E-state index in [4.69, 9.17) is 11.6 Å². The number of aryl methyl sites for hydroxylation is 2. The molecule has 0 amide bonds. The molecule has 0 saturated heterocycles. The van der Waals surface area contributed by atoms with Crippen molar-refractivity contribution in [1.29, 1.82) is 0 Å². The van der Waals surface area contributed by atoms with Gasteiger partial charge >= 0.3 is 0 Å². The maximum Gasteiger partial charge on any atom is 0.259 e. The van der Waals surface area contributed by atoms with Crippen molar-refractivity contribution in [2.45, 2.75) is 51.2 Å². The summed E-state index contributed by atoms with van der Waals surface area (Å²) in [6.45, 7) is 6.27. The van der Waals surface area contributed by atoms with E-state index >= 15 is 0 Å². The first kappa shape index (κ1) is 15.5. The number of nitrogens with one attached hydrogen (secondary N) is 1. The molecule has 0 aromatic carbocycles. The van der Waals surface area contributed by atoms with Crippen molar-refractivity contribution < 1.29 is 8.42 Å². The second-order valence-corrected chi connectivity index (χ2v) is 6.30. The summed E-state index contributed by atoms with van der Waals surface area (Å²) in [7, 11) is -3.53. The van der Waals surface area contributed by atoms with Crippen LogP contribution in [0.4, 0.5) is 0 Å². The van der Waals surface area contributed by atoms with Crippen LogP contribution in [0.1, 0.15) is 32.5 Å². The monoisotopic (exact) mass is 293 g/mol. The highest BCUT2D eigenvalue weighted by atomic mass is 35.5. The van der Waals surface area contributed by atoms with E-state index in [0.717, 1.165) is 12.8 Å². The molecular weight excluding hydrogens is 274 g/mol. The fourth-order valence-electron chi connectivity index (χ4n) is 1.70. The van der Waals surface area contributed by atoms with Crippen molar-refractivity contribution in [2.24, 2.45) is 0 Å². The number of rotatable bonds is 7. The smallest absolute Gasteiger partial charge is 0.259 e. The summed E-state index contributed by atoms with van der Waals surface area (Å²) in [5.41, 5.74) is 0. The van der Waals surface area contributed by atoms with Crippen molar-refractivity contribution in [3.8, 4) is 0 Å². The highest BCUT2D eigenvalue weighted by Gasteiger charge is 2.20. The lowest BCUT2D eigenvalue weighted by atomic mass is 10.2. The van der Waals surface area contributed by atoms with Gasteiger partial charge < -0.3 is 4.57 Å². The highest BCUT2D eigenvalue weighted by Crippen LogP contribution is 2.10. The largest absolute Gasteiger partial charge is 0.334 e. The minimum absolute atomic E-state index is 0.0829. The van der Waals surface area contributed by atoms with E-state index < -0.39 is 10.0 Å². The van der Waals surface area contributed by atoms with E-state index in [1.165, 1.54) is 0 Å². The fourth-order valence-corrected chi connectivity index (χ4v) is 3.14. The van der Waals surface area contributed by atoms with E-state index in [1.54, 1.807) is 17.7 Å². The molecule has 1 unspecified atom stereocenters. The second-order valence-electron chi connectivity index (χ2n) is 4.27. The Balaban J connectivity index is 2.79. The average Bonchev–Trinajstić information content (AvgIpc) is 2.68. The number of aromatic nitrogens is 2. The van der Waals surface area contributed by atoms with Gasteiger partial charge in [-0.2, -0.15) is 0 Å². The van der Waals surface area contributed by atoms with Crippen LogP contribution in [0.5, 0.6) is 0 Å². The maximum absolute atomic E-state index is 12.1. The standard InChI is InChI=1S/C11H20ClN3O2S/c1-4-15-8-11(13-10(15)3)18(16,17)14-9(2)6-5-7-12/h8-9,14H,4-7H2,1-3H3. The molecule has 0 saturated carbocycles. The highest BCUT2D eigenvalue weighted by molar-refractivity contribution is 7.89. The van der Waals surface area contributed by atoms with Gasteiger partial charge in [-0.15, -0.1) is 11.6 Å². The number of nitrogens with zero attached hydrogens (tertiary/aromatic N) is 2. The zero-order valence-corrected chi connectivity index (χ0v) is 12.6. The minimum atomic E-state index is -3.53. The lowest BCUT2D eigenvalue weighted by Gasteiger charge is -2.11. The summed E-state index contributed by atoms with van der Waals surface area (Å²) in [6, 6.07) is -0.138. The molecule has 18 heavy (non-hydrogen) atoms. The van der Waals surface area contributed by atoms with E-state index in [1.807, 2.05) is 13.8 Å². The molecule has 1 atom stereocenters. The van der Waals surface area contributed by atoms with Crippen LogP contribution < -0.4 is 4.72 Å². The Morgan fingerprint density at radius 1 is 1.56 bits per heavy atom. The molecule has 0 aliphatic rings. The topological polar surface area (TPSA) is 64.0 Å². The van der Waals surface area contributed by atoms with Crippen LogP contribution in [0.15, 0.2) is 11.2 Å². The van der Waals surface area contributed by atoms with Crippen LogP contribution in [0, 0.1) is 6.92 Å². The number of sulfonamides is 1. The average molecular weight is 294 g/mol. The van der Waals surface area contributed by atoms with E-state index in [9.17, 15) is 8.42 Å². The third-order valence-electron chi connectivity index (χ3n) is 2.70. The summed E-state index contributed by atoms with van der Waals surface area (Å²) in [5, 5.41) is 0.0829. The normalized spacial score (nSPS) is 13.8. The van der Waals surface area contributed by atoms with Crippen LogP contribution >= 0.6 is 11.6 Å². The molecule has 5 nitrogen and oxygen atoms in total. The molecule has 7 heteroatoms. The molecule has 104 valence electrons. The third-order valence-corrected chi connectivity index (χ3v) is 4.42. The molecule has 0 radical (unpaired) electrons. The fraction of sp³-hybridized carbons (Fsp3) is 0.727. The molecule has 1 N–H and O–H groups in total. The summed E-state index contributed by atoms with van der Waals surface area (Å²) >= 11 is 5.58. The predicted octanol–water partition coefficient (Wildman–Crippen LogP) is 1.90. The zero-order valence-electron chi connectivity index (χ0n) is 11.0. The first-order valence-electron chi connectivity index (χ1n) is 6.02. The second kappa shape index (κ2) is 6.54. The van der Waals surface area contributed by atoms with Crippen LogP contribution in [0.2, 0.25) is 0 Å². The van der Waals surface area contributed by atoms with E-state index in [2.05, 4.69) is 9.71 Å². The minimum Gasteiger partial charge on any atom is -0.334 e. The summed E-state index contributed by atoms with van der Waals surface area (Å²) < 4.78 is 28.5. The van der Waals surface area contributed by atoms with Crippen LogP contribution in [0.25, 0.3) is 0 Å². The van der Waals surface area contributed by atoms with Gasteiger partial charge in [-0.3, -0.25) is 0 Å². The van der Waals surface area contributed by atoms with Crippen LogP contribution in [0.3, 0.4) is 0 Å². The number of hydrogen-bond acceptors (Lipinski definition) is 3. The Morgan fingerprint density at radius 3 is 2.72 bits per heavy atom. The van der Waals surface area contributed by atoms with Gasteiger partial charge in [-0.1, -0.05) is 0 Å². The number of halogens is 1. The molecule has 0 aliphatic heterocycles. The van der Waals surface area contributed by atoms with Crippen molar-refractivity contribution in [3.05, 3.63) is 12.0 Å². The predicted molar refractivity (Wildman–Crippen MR) is 72.4 cm³/mol. The van der Waals surface area contributed by atoms with Gasteiger partial charge in [0.1, 0.15) is 5.82 Å². The van der Waals surface area contributed by atoms with Gasteiger partial charge in [-0.25, -0.2) is 18.1 Å². The summed E-state index contributed by atoms with van der Waals surface area (Å²) in [6.07, 6.45) is 3.07. The summed E-state index contributed by atoms with van der Waals surface area (Å²) in [4.78, 5) is 4.07. The van der Waals surface area contributed by atoms with Gasteiger partial charge in [-0.05, 0) is 33.6 Å². The number of alkyl halides is 1. The lowest BCUT2D eigenvalue weighted by molar-refractivity contribution is 0.541. The first-order valence-corrected chi connectivity index (χ1v) is 8.04. The quantitative estimate of drug-likeness (QED) is 0.781. The molecule has 0 bridgehead atoms. The Morgan fingerprint density at radius 2 is 2.22 bits per heavy atom. The summed E-state index contributed by atoms with van der Waals surface area (Å²) in [5.74, 6) is 1.24. The van der Waals surface area contributed by atoms with Crippen LogP contribution in [-0.2, 0) is 16.6 Å². The van der Waals surface area contributed by atoms with Gasteiger partial charge in [0, 0.05) is 24.7 Å². The van der Waals surface area contributed by atoms with Crippen molar-refractivity contribution in [2.75, 3.05) is 5.88 Å². The zero-order chi connectivity index (χ0) is 13.8. The molecule has 0 spiro atoms. The number of imidazole rings is 1. The van der Waals surface area contributed by atoms with Gasteiger partial charge in [0.2, 0.25) is 0 Å². The molecule has 1 aromatic rings. The SMILES string of the molecule is CCn1cc(S(=O)(=O)NC(C)CCCCl)nc1C. The number of hydrogen-bond donors (Lipinski definition) is 1. The lowest BCUT2D eigenvalue weighted by Crippen LogP contribution is -2.32. The van der Waals surface area contributed by atoms with Gasteiger partial charge in [0.15, 0.2) is 5.03 Å². The van der Waals surface area contributed by atoms with Gasteiger partial charge in [0.25, 0.3) is 10.0 Å². The molecule has 1 aromatic heterocycles. The van der Waals surface area contributed by atoms with Crippen molar-refractivity contribution >= 4 is 21.6 Å². The molecule has 0 fully saturated rings. The van der Waals surface area contributed by atoms with Crippen molar-refractivity contribution in [3.63, 3.8) is 0 Å². The van der Waals surface area contributed by atoms with E-state index in [0.29, 0.717) is 18.2 Å². The third kappa shape index (κ3) is 3.96. The molecule has 0 aliphatic carbocycles. The van der Waals surface area contributed by atoms with Crippen molar-refractivity contribution in [1.82, 2.24) is 14.3 Å². The first-order chi connectivity index (χ1) is 8.40. The Hall–Kier alpha value is -0.590. The van der Waals surface area contributed by atoms with Crippen LogP contribution in [-0.4, -0.2) is 29.9 Å².